The minimum atomic E-state index is -4.62. The third-order valence-electron chi connectivity index (χ3n) is 3.48. The molecule has 0 amide bonds. The van der Waals surface area contributed by atoms with Crippen molar-refractivity contribution in [3.05, 3.63) is 69.2 Å². The number of alkyl halides is 3. The van der Waals surface area contributed by atoms with Crippen molar-refractivity contribution < 1.29 is 18.0 Å². The lowest BCUT2D eigenvalue weighted by atomic mass is 9.97. The lowest BCUT2D eigenvalue weighted by Crippen LogP contribution is -2.18. The van der Waals surface area contributed by atoms with Crippen LogP contribution in [0.2, 0.25) is 10.0 Å². The van der Waals surface area contributed by atoms with Crippen molar-refractivity contribution in [3.63, 3.8) is 0 Å². The molecule has 0 saturated heterocycles. The Hall–Kier alpha value is -1.89. The van der Waals surface area contributed by atoms with Crippen LogP contribution in [0.15, 0.2) is 48.0 Å². The van der Waals surface area contributed by atoms with E-state index in [1.165, 1.54) is 30.3 Å². The molecule has 2 aromatic carbocycles. The molecule has 126 valence electrons. The smallest absolute Gasteiger partial charge is 0.399 e. The number of rotatable bonds is 2. The Morgan fingerprint density at radius 1 is 1.04 bits per heavy atom. The van der Waals surface area contributed by atoms with Gasteiger partial charge in [0.05, 0.1) is 11.3 Å². The van der Waals surface area contributed by atoms with Crippen LogP contribution >= 0.6 is 23.2 Å². The number of hydroxylamine groups is 1. The first kappa shape index (κ1) is 17.0. The number of hydrogen-bond donors (Lipinski definition) is 2. The van der Waals surface area contributed by atoms with Crippen LogP contribution < -0.4 is 11.2 Å². The highest BCUT2D eigenvalue weighted by atomic mass is 35.5. The van der Waals surface area contributed by atoms with Gasteiger partial charge in [0.15, 0.2) is 0 Å². The summed E-state index contributed by atoms with van der Waals surface area (Å²) in [4.78, 5) is 5.19. The average molecular weight is 375 g/mol. The Bertz CT molecular complexity index is 801. The third kappa shape index (κ3) is 3.31. The predicted octanol–water partition coefficient (Wildman–Crippen LogP) is 5.13. The molecule has 1 atom stereocenters. The van der Waals surface area contributed by atoms with Crippen LogP contribution in [0.5, 0.6) is 0 Å². The maximum atomic E-state index is 13.7. The topological polar surface area (TPSA) is 47.3 Å². The van der Waals surface area contributed by atoms with E-state index in [-0.39, 0.29) is 26.9 Å². The van der Waals surface area contributed by atoms with Gasteiger partial charge in [0.1, 0.15) is 6.10 Å². The van der Waals surface area contributed by atoms with E-state index in [0.29, 0.717) is 5.69 Å². The molecule has 0 aromatic heterocycles. The molecule has 24 heavy (non-hydrogen) atoms. The Morgan fingerprint density at radius 2 is 1.71 bits per heavy atom. The van der Waals surface area contributed by atoms with Crippen molar-refractivity contribution in [2.24, 2.45) is 0 Å². The minimum absolute atomic E-state index is 0.184. The third-order valence-corrected chi connectivity index (χ3v) is 3.92. The van der Waals surface area contributed by atoms with E-state index in [9.17, 15) is 13.2 Å². The van der Waals surface area contributed by atoms with Gasteiger partial charge in [-0.3, -0.25) is 10.3 Å². The molecular weight excluding hydrogens is 364 g/mol. The van der Waals surface area contributed by atoms with Gasteiger partial charge in [0.2, 0.25) is 0 Å². The van der Waals surface area contributed by atoms with E-state index in [2.05, 4.69) is 5.48 Å². The highest BCUT2D eigenvalue weighted by Gasteiger charge is 2.46. The first-order valence-electron chi connectivity index (χ1n) is 6.80. The van der Waals surface area contributed by atoms with E-state index >= 15 is 0 Å². The number of halogens is 5. The first-order valence-corrected chi connectivity index (χ1v) is 7.56. The molecular formula is C16H11Cl2F3N2O. The molecule has 1 aliphatic heterocycles. The summed E-state index contributed by atoms with van der Waals surface area (Å²) in [5, 5.41) is 0.445. The maximum absolute atomic E-state index is 13.7. The Balaban J connectivity index is 2.15. The van der Waals surface area contributed by atoms with Crippen molar-refractivity contribution >= 4 is 34.6 Å². The van der Waals surface area contributed by atoms with Gasteiger partial charge in [-0.1, -0.05) is 35.3 Å². The zero-order chi connectivity index (χ0) is 17.5. The molecule has 3 rings (SSSR count). The van der Waals surface area contributed by atoms with E-state index in [4.69, 9.17) is 33.8 Å². The Labute approximate surface area is 145 Å². The van der Waals surface area contributed by atoms with Crippen LogP contribution in [0, 0.1) is 0 Å². The zero-order valence-electron chi connectivity index (χ0n) is 12.0. The van der Waals surface area contributed by atoms with Crippen LogP contribution in [0.25, 0.3) is 5.70 Å². The zero-order valence-corrected chi connectivity index (χ0v) is 13.5. The highest BCUT2D eigenvalue weighted by Crippen LogP contribution is 2.45. The number of benzene rings is 2. The van der Waals surface area contributed by atoms with Gasteiger partial charge in [0.25, 0.3) is 0 Å². The normalized spacial score (nSPS) is 18.0. The highest BCUT2D eigenvalue weighted by molar-refractivity contribution is 6.34. The molecule has 3 nitrogen and oxygen atoms in total. The van der Waals surface area contributed by atoms with Crippen molar-refractivity contribution in [1.29, 1.82) is 0 Å². The lowest BCUT2D eigenvalue weighted by molar-refractivity contribution is -0.107. The van der Waals surface area contributed by atoms with Crippen LogP contribution in [-0.2, 0) is 4.84 Å². The molecule has 0 radical (unpaired) electrons. The predicted molar refractivity (Wildman–Crippen MR) is 87.3 cm³/mol. The monoisotopic (exact) mass is 374 g/mol. The van der Waals surface area contributed by atoms with Crippen molar-refractivity contribution in [3.8, 4) is 0 Å². The van der Waals surface area contributed by atoms with Gasteiger partial charge >= 0.3 is 6.18 Å². The second kappa shape index (κ2) is 6.20. The second-order valence-corrected chi connectivity index (χ2v) is 6.09. The summed E-state index contributed by atoms with van der Waals surface area (Å²) in [5.74, 6) is 0. The number of nitrogens with one attached hydrogen (secondary N) is 1. The van der Waals surface area contributed by atoms with E-state index in [1.807, 2.05) is 0 Å². The molecule has 8 heteroatoms. The fourth-order valence-corrected chi connectivity index (χ4v) is 3.07. The standard InChI is InChI=1S/C16H11Cl2F3N2O/c17-10-4-9(5-11(18)7-10)15-13(16(19,20)21)14(23-24-15)8-2-1-3-12(22)6-8/h1-7,15,23H,22H2. The molecule has 3 N–H and O–H groups in total. The van der Waals surface area contributed by atoms with E-state index < -0.39 is 17.9 Å². The van der Waals surface area contributed by atoms with Crippen molar-refractivity contribution in [2.45, 2.75) is 12.3 Å². The minimum Gasteiger partial charge on any atom is -0.399 e. The molecule has 0 spiro atoms. The summed E-state index contributed by atoms with van der Waals surface area (Å²) in [7, 11) is 0. The number of anilines is 1. The molecule has 0 aliphatic carbocycles. The van der Waals surface area contributed by atoms with Gasteiger partial charge in [-0.2, -0.15) is 13.2 Å². The SMILES string of the molecule is Nc1cccc(C2=C(C(F)(F)F)C(c3cc(Cl)cc(Cl)c3)ON2)c1. The van der Waals surface area contributed by atoms with Gasteiger partial charge in [-0.25, -0.2) is 0 Å². The molecule has 0 saturated carbocycles. The van der Waals surface area contributed by atoms with Crippen LogP contribution in [-0.4, -0.2) is 6.18 Å². The van der Waals surface area contributed by atoms with Gasteiger partial charge in [0, 0.05) is 21.3 Å². The van der Waals surface area contributed by atoms with Crippen molar-refractivity contribution in [2.75, 3.05) is 5.73 Å². The Kier molecular flexibility index (Phi) is 4.38. The summed E-state index contributed by atoms with van der Waals surface area (Å²) in [5.41, 5.74) is 7.79. The molecule has 0 fully saturated rings. The van der Waals surface area contributed by atoms with Crippen LogP contribution in [0.1, 0.15) is 17.2 Å². The van der Waals surface area contributed by atoms with Crippen LogP contribution in [0.3, 0.4) is 0 Å². The summed E-state index contributed by atoms with van der Waals surface area (Å²) in [6, 6.07) is 10.3. The average Bonchev–Trinajstić information content (AvgIpc) is 2.91. The number of nitrogens with two attached hydrogens (primary N) is 1. The lowest BCUT2D eigenvalue weighted by Gasteiger charge is -2.16. The molecule has 1 heterocycles. The number of nitrogen functional groups attached to an aromatic ring is 1. The van der Waals surface area contributed by atoms with Crippen molar-refractivity contribution in [1.82, 2.24) is 5.48 Å². The molecule has 1 aliphatic rings. The number of hydrogen-bond acceptors (Lipinski definition) is 3. The Morgan fingerprint density at radius 3 is 2.29 bits per heavy atom. The fourth-order valence-electron chi connectivity index (χ4n) is 2.52. The van der Waals surface area contributed by atoms with Gasteiger partial charge < -0.3 is 5.73 Å². The first-order chi connectivity index (χ1) is 11.3. The largest absolute Gasteiger partial charge is 0.417 e. The summed E-state index contributed by atoms with van der Waals surface area (Å²) < 4.78 is 41.0. The molecule has 1 unspecified atom stereocenters. The fraction of sp³-hybridized carbons (Fsp3) is 0.125. The van der Waals surface area contributed by atoms with E-state index in [0.717, 1.165) is 0 Å². The summed E-state index contributed by atoms with van der Waals surface area (Å²) in [6.07, 6.45) is -6.01. The van der Waals surface area contributed by atoms with Crippen LogP contribution in [0.4, 0.5) is 18.9 Å². The summed E-state index contributed by atoms with van der Waals surface area (Å²) >= 11 is 11.8. The summed E-state index contributed by atoms with van der Waals surface area (Å²) in [6.45, 7) is 0. The molecule has 0 bridgehead atoms. The quantitative estimate of drug-likeness (QED) is 0.716. The van der Waals surface area contributed by atoms with E-state index in [1.54, 1.807) is 12.1 Å². The molecule has 2 aromatic rings. The van der Waals surface area contributed by atoms with Gasteiger partial charge in [-0.15, -0.1) is 0 Å². The second-order valence-electron chi connectivity index (χ2n) is 5.21. The maximum Gasteiger partial charge on any atom is 0.417 e. The van der Waals surface area contributed by atoms with Gasteiger partial charge in [-0.05, 0) is 35.9 Å².